The van der Waals surface area contributed by atoms with E-state index in [1.54, 1.807) is 18.2 Å². The molecular weight excluding hydrogens is 663 g/mol. The molecule has 3 rings (SSSR count). The maximum atomic E-state index is 13.4. The van der Waals surface area contributed by atoms with Crippen molar-refractivity contribution in [2.24, 2.45) is 0 Å². The Bertz CT molecular complexity index is 1290. The average Bonchev–Trinajstić information content (AvgIpc) is 3.19. The van der Waals surface area contributed by atoms with Gasteiger partial charge in [0, 0.05) is 29.2 Å². The second-order valence-corrected chi connectivity index (χ2v) is 9.68. The van der Waals surface area contributed by atoms with E-state index >= 15 is 0 Å². The zero-order chi connectivity index (χ0) is 25.2. The molecule has 0 fully saturated rings. The molecule has 10 nitrogen and oxygen atoms in total. The Balaban J connectivity index is 2.03. The number of methoxy groups -OCH3 is 1. The number of carbonyl (C=O) groups excluding carboxylic acids is 3. The van der Waals surface area contributed by atoms with Gasteiger partial charge in [0.1, 0.15) is 5.69 Å². The summed E-state index contributed by atoms with van der Waals surface area (Å²) in [6.45, 7) is 0. The fraction of sp³-hybridized carbons (Fsp3) is 0.150. The van der Waals surface area contributed by atoms with E-state index in [1.165, 1.54) is 44.3 Å². The number of benzene rings is 1. The van der Waals surface area contributed by atoms with Crippen LogP contribution in [0.2, 0.25) is 5.02 Å². The predicted octanol–water partition coefficient (Wildman–Crippen LogP) is 5.15. The molecule has 2 aromatic heterocycles. The number of nitrogens with zero attached hydrogens (tertiary/aromatic N) is 5. The van der Waals surface area contributed by atoms with Gasteiger partial charge in [0.2, 0.25) is 0 Å². The van der Waals surface area contributed by atoms with Gasteiger partial charge in [-0.2, -0.15) is 5.10 Å². The zero-order valence-corrected chi connectivity index (χ0v) is 23.4. The van der Waals surface area contributed by atoms with E-state index in [2.05, 4.69) is 67.9 Å². The van der Waals surface area contributed by atoms with Crippen LogP contribution in [0.3, 0.4) is 0 Å². The van der Waals surface area contributed by atoms with Crippen molar-refractivity contribution in [1.82, 2.24) is 24.8 Å². The number of halogens is 4. The molecule has 3 aromatic rings. The van der Waals surface area contributed by atoms with E-state index in [0.29, 0.717) is 18.4 Å². The zero-order valence-electron chi connectivity index (χ0n) is 17.8. The Kier molecular flexibility index (Phi) is 8.34. The Morgan fingerprint density at radius 1 is 1.12 bits per heavy atom. The van der Waals surface area contributed by atoms with Gasteiger partial charge in [0.05, 0.1) is 34.1 Å². The summed E-state index contributed by atoms with van der Waals surface area (Å²) in [7, 11) is 3.98. The molecule has 34 heavy (non-hydrogen) atoms. The molecule has 178 valence electrons. The van der Waals surface area contributed by atoms with Crippen molar-refractivity contribution in [2.45, 2.75) is 0 Å². The molecule has 3 amide bonds. The van der Waals surface area contributed by atoms with Gasteiger partial charge in [-0.05, 0) is 56.1 Å². The molecule has 1 N–H and O–H groups in total. The highest BCUT2D eigenvalue weighted by molar-refractivity contribution is 9.11. The number of pyridine rings is 1. The first-order chi connectivity index (χ1) is 16.1. The normalized spacial score (nSPS) is 10.6. The quantitative estimate of drug-likeness (QED) is 0.383. The van der Waals surface area contributed by atoms with Crippen molar-refractivity contribution >= 4 is 83.0 Å². The smallest absolute Gasteiger partial charge is 0.428 e. The number of anilines is 1. The Morgan fingerprint density at radius 3 is 2.47 bits per heavy atom. The number of ether oxygens (including phenoxy) is 1. The fourth-order valence-corrected chi connectivity index (χ4v) is 4.80. The van der Waals surface area contributed by atoms with Crippen molar-refractivity contribution in [2.75, 3.05) is 26.5 Å². The lowest BCUT2D eigenvalue weighted by Gasteiger charge is -2.27. The van der Waals surface area contributed by atoms with Crippen LogP contribution in [0.5, 0.6) is 0 Å². The third kappa shape index (κ3) is 5.27. The third-order valence-electron chi connectivity index (χ3n) is 4.59. The molecule has 1 aromatic carbocycles. The first kappa shape index (κ1) is 26.1. The van der Waals surface area contributed by atoms with Gasteiger partial charge in [0.25, 0.3) is 11.8 Å². The molecule has 0 aliphatic carbocycles. The molecule has 0 atom stereocenters. The topological polar surface area (TPSA) is 110 Å². The first-order valence-corrected chi connectivity index (χ1v) is 12.1. The summed E-state index contributed by atoms with van der Waals surface area (Å²) in [5, 5.41) is 9.29. The number of rotatable bonds is 4. The number of amides is 3. The Morgan fingerprint density at radius 2 is 1.82 bits per heavy atom. The van der Waals surface area contributed by atoms with Crippen LogP contribution >= 0.6 is 59.4 Å². The molecule has 0 bridgehead atoms. The molecule has 14 heteroatoms. The average molecular weight is 680 g/mol. The van der Waals surface area contributed by atoms with Crippen molar-refractivity contribution in [3.05, 3.63) is 66.4 Å². The van der Waals surface area contributed by atoms with Gasteiger partial charge < -0.3 is 10.1 Å². The molecule has 0 aliphatic heterocycles. The standard InChI is InChI=1S/C20H16Br3ClN6O4/c1-28(29(2)20(33)34-3)19(32)11-7-10(21)8-12(22)15(11)27-18(31)16-13(23)9-26-30(16)17-14(24)5-4-6-25-17/h4-9H,1-3H3,(H,27,31). The van der Waals surface area contributed by atoms with Gasteiger partial charge in [-0.15, -0.1) is 0 Å². The van der Waals surface area contributed by atoms with Gasteiger partial charge in [-0.3, -0.25) is 9.59 Å². The number of aromatic nitrogens is 3. The molecule has 0 spiro atoms. The Hall–Kier alpha value is -2.48. The van der Waals surface area contributed by atoms with Gasteiger partial charge >= 0.3 is 6.09 Å². The highest BCUT2D eigenvalue weighted by atomic mass is 79.9. The summed E-state index contributed by atoms with van der Waals surface area (Å²) >= 11 is 16.3. The predicted molar refractivity (Wildman–Crippen MR) is 136 cm³/mol. The molecule has 0 saturated heterocycles. The van der Waals surface area contributed by atoms with Crippen molar-refractivity contribution in [3.8, 4) is 5.82 Å². The summed E-state index contributed by atoms with van der Waals surface area (Å²) in [6, 6.07) is 6.46. The van der Waals surface area contributed by atoms with E-state index in [1.807, 2.05) is 0 Å². The summed E-state index contributed by atoms with van der Waals surface area (Å²) in [5.41, 5.74) is 0.384. The minimum Gasteiger partial charge on any atom is -0.452 e. The second kappa shape index (κ2) is 10.8. The van der Waals surface area contributed by atoms with Crippen LogP contribution in [0.1, 0.15) is 20.8 Å². The number of nitrogens with one attached hydrogen (secondary N) is 1. The van der Waals surface area contributed by atoms with Crippen LogP contribution in [0.15, 0.2) is 50.1 Å². The lowest BCUT2D eigenvalue weighted by atomic mass is 10.1. The summed E-state index contributed by atoms with van der Waals surface area (Å²) in [5.74, 6) is -0.914. The number of hydrogen-bond donors (Lipinski definition) is 1. The summed E-state index contributed by atoms with van der Waals surface area (Å²) < 4.78 is 7.32. The van der Waals surface area contributed by atoms with Crippen LogP contribution in [0.4, 0.5) is 10.5 Å². The molecule has 0 radical (unpaired) electrons. The van der Waals surface area contributed by atoms with E-state index in [-0.39, 0.29) is 22.8 Å². The van der Waals surface area contributed by atoms with Gasteiger partial charge in [-0.25, -0.2) is 24.5 Å². The van der Waals surface area contributed by atoms with Crippen molar-refractivity contribution in [1.29, 1.82) is 0 Å². The number of hydrazine groups is 1. The van der Waals surface area contributed by atoms with Gasteiger partial charge in [-0.1, -0.05) is 27.5 Å². The monoisotopic (exact) mass is 676 g/mol. The minimum atomic E-state index is -0.740. The SMILES string of the molecule is COC(=O)N(C)N(C)C(=O)c1cc(Br)cc(Br)c1NC(=O)c1c(Br)cnn1-c1ncccc1Cl. The maximum absolute atomic E-state index is 13.4. The van der Waals surface area contributed by atoms with Crippen LogP contribution in [-0.4, -0.2) is 63.9 Å². The third-order valence-corrected chi connectivity index (χ3v) is 6.54. The molecule has 0 unspecified atom stereocenters. The molecule has 0 saturated carbocycles. The van der Waals surface area contributed by atoms with Crippen molar-refractivity contribution in [3.63, 3.8) is 0 Å². The van der Waals surface area contributed by atoms with Crippen LogP contribution in [-0.2, 0) is 4.74 Å². The molecular formula is C20H16Br3ClN6O4. The van der Waals surface area contributed by atoms with Crippen LogP contribution < -0.4 is 5.32 Å². The minimum absolute atomic E-state index is 0.103. The second-order valence-electron chi connectivity index (χ2n) is 6.65. The largest absolute Gasteiger partial charge is 0.452 e. The lowest BCUT2D eigenvalue weighted by molar-refractivity contribution is 0.0193. The number of carbonyl (C=O) groups is 3. The Labute approximate surface area is 224 Å². The van der Waals surface area contributed by atoms with E-state index in [9.17, 15) is 14.4 Å². The van der Waals surface area contributed by atoms with Crippen LogP contribution in [0, 0.1) is 0 Å². The highest BCUT2D eigenvalue weighted by Crippen LogP contribution is 2.33. The number of hydrogen-bond acceptors (Lipinski definition) is 6. The fourth-order valence-electron chi connectivity index (χ4n) is 2.83. The maximum Gasteiger partial charge on any atom is 0.428 e. The van der Waals surface area contributed by atoms with E-state index in [4.69, 9.17) is 11.6 Å². The van der Waals surface area contributed by atoms with Crippen LogP contribution in [0.25, 0.3) is 5.82 Å². The lowest BCUT2D eigenvalue weighted by Crippen LogP contribution is -2.45. The summed E-state index contributed by atoms with van der Waals surface area (Å²) in [6.07, 6.45) is 2.21. The molecule has 2 heterocycles. The highest BCUT2D eigenvalue weighted by Gasteiger charge is 2.27. The molecule has 0 aliphatic rings. The van der Waals surface area contributed by atoms with Crippen molar-refractivity contribution < 1.29 is 19.1 Å². The van der Waals surface area contributed by atoms with Gasteiger partial charge in [0.15, 0.2) is 5.82 Å². The summed E-state index contributed by atoms with van der Waals surface area (Å²) in [4.78, 5) is 42.7. The van der Waals surface area contributed by atoms with E-state index < -0.39 is 17.9 Å². The van der Waals surface area contributed by atoms with E-state index in [0.717, 1.165) is 10.0 Å². The first-order valence-electron chi connectivity index (χ1n) is 9.31.